The van der Waals surface area contributed by atoms with Gasteiger partial charge in [-0.15, -0.1) is 0 Å². The van der Waals surface area contributed by atoms with E-state index < -0.39 is 11.2 Å². The van der Waals surface area contributed by atoms with E-state index in [1.54, 1.807) is 12.1 Å². The lowest BCUT2D eigenvalue weighted by Crippen LogP contribution is -2.41. The van der Waals surface area contributed by atoms with E-state index in [1.807, 2.05) is 6.07 Å². The Hall–Kier alpha value is -2.54. The number of fused-ring (bicyclic) bond motifs is 1. The maximum absolute atomic E-state index is 12.3. The summed E-state index contributed by atoms with van der Waals surface area (Å²) in [7, 11) is 1.37. The van der Waals surface area contributed by atoms with E-state index in [0.717, 1.165) is 10.1 Å². The highest BCUT2D eigenvalue weighted by Crippen LogP contribution is 2.37. The molecular weight excluding hydrogens is 334 g/mol. The van der Waals surface area contributed by atoms with Crippen molar-refractivity contribution in [3.63, 3.8) is 0 Å². The van der Waals surface area contributed by atoms with Crippen molar-refractivity contribution in [2.75, 3.05) is 6.61 Å². The summed E-state index contributed by atoms with van der Waals surface area (Å²) in [5.41, 5.74) is -0.132. The molecule has 1 amide bonds. The van der Waals surface area contributed by atoms with Crippen molar-refractivity contribution < 1.29 is 9.53 Å². The number of nitrogens with zero attached hydrogens (tertiary/aromatic N) is 2. The molecule has 8 heteroatoms. The number of carbonyl (C=O) groups excluding carboxylic acids is 1. The molecule has 1 aromatic carbocycles. The number of nitrogens with one attached hydrogen (secondary N) is 1. The minimum Gasteiger partial charge on any atom is -0.492 e. The van der Waals surface area contributed by atoms with E-state index in [2.05, 4.69) is 5.32 Å². The fraction of sp³-hybridized carbons (Fsp3) is 0.312. The molecule has 1 aliphatic heterocycles. The van der Waals surface area contributed by atoms with Crippen LogP contribution in [0.2, 0.25) is 5.02 Å². The van der Waals surface area contributed by atoms with Crippen LogP contribution >= 0.6 is 11.6 Å². The van der Waals surface area contributed by atoms with Gasteiger partial charge in [-0.2, -0.15) is 0 Å². The average molecular weight is 350 g/mol. The van der Waals surface area contributed by atoms with Gasteiger partial charge in [-0.25, -0.2) is 4.79 Å². The minimum absolute atomic E-state index is 0.166. The quantitative estimate of drug-likeness (QED) is 0.890. The van der Waals surface area contributed by atoms with E-state index in [9.17, 15) is 14.4 Å². The van der Waals surface area contributed by atoms with Crippen LogP contribution in [0.4, 0.5) is 0 Å². The number of amides is 1. The van der Waals surface area contributed by atoms with Crippen LogP contribution in [0.25, 0.3) is 0 Å². The molecule has 0 fully saturated rings. The Labute approximate surface area is 142 Å². The number of rotatable bonds is 3. The lowest BCUT2D eigenvalue weighted by atomic mass is 10.0. The molecule has 0 aliphatic carbocycles. The summed E-state index contributed by atoms with van der Waals surface area (Å²) < 4.78 is 7.70. The molecule has 24 heavy (non-hydrogen) atoms. The predicted octanol–water partition coefficient (Wildman–Crippen LogP) is 0.840. The number of carbonyl (C=O) groups is 1. The molecule has 1 N–H and O–H groups in total. The first-order chi connectivity index (χ1) is 11.5. The summed E-state index contributed by atoms with van der Waals surface area (Å²) in [5.74, 6) is 0.253. The molecule has 0 bridgehead atoms. The number of ether oxygens (including phenoxy) is 1. The highest BCUT2D eigenvalue weighted by molar-refractivity contribution is 6.32. The van der Waals surface area contributed by atoms with Crippen molar-refractivity contribution in [1.29, 1.82) is 0 Å². The Morgan fingerprint density at radius 3 is 2.96 bits per heavy atom. The molecule has 0 radical (unpaired) electrons. The van der Waals surface area contributed by atoms with Crippen LogP contribution in [0.5, 0.6) is 5.75 Å². The number of aromatic nitrogens is 2. The van der Waals surface area contributed by atoms with Gasteiger partial charge in [0.25, 0.3) is 5.56 Å². The third kappa shape index (κ3) is 3.07. The van der Waals surface area contributed by atoms with Crippen molar-refractivity contribution in [3.05, 3.63) is 61.9 Å². The van der Waals surface area contributed by atoms with Crippen LogP contribution in [0.15, 0.2) is 40.1 Å². The fourth-order valence-corrected chi connectivity index (χ4v) is 2.90. The third-order valence-electron chi connectivity index (χ3n) is 3.94. The minimum atomic E-state index is -0.534. The molecule has 126 valence electrons. The van der Waals surface area contributed by atoms with Crippen LogP contribution in [0.1, 0.15) is 18.0 Å². The van der Waals surface area contributed by atoms with Gasteiger partial charge in [0.15, 0.2) is 0 Å². The van der Waals surface area contributed by atoms with Gasteiger partial charge in [-0.3, -0.25) is 18.7 Å². The van der Waals surface area contributed by atoms with Gasteiger partial charge in [0.05, 0.1) is 17.7 Å². The second-order valence-corrected chi connectivity index (χ2v) is 5.95. The Morgan fingerprint density at radius 1 is 1.38 bits per heavy atom. The summed E-state index contributed by atoms with van der Waals surface area (Å²) in [5, 5.41) is 3.39. The lowest BCUT2D eigenvalue weighted by molar-refractivity contribution is -0.122. The number of para-hydroxylation sites is 1. The van der Waals surface area contributed by atoms with Crippen LogP contribution in [-0.4, -0.2) is 21.6 Å². The second-order valence-electron chi connectivity index (χ2n) is 5.54. The van der Waals surface area contributed by atoms with Crippen LogP contribution < -0.4 is 21.3 Å². The molecule has 0 saturated carbocycles. The SMILES string of the molecule is Cn1c(=O)ccn(CC(=O)NC2CCOc3c(Cl)cccc32)c1=O. The zero-order chi connectivity index (χ0) is 17.3. The summed E-state index contributed by atoms with van der Waals surface area (Å²) in [4.78, 5) is 35.6. The second kappa shape index (κ2) is 6.52. The largest absolute Gasteiger partial charge is 0.492 e. The zero-order valence-electron chi connectivity index (χ0n) is 13.0. The normalized spacial score (nSPS) is 16.2. The van der Waals surface area contributed by atoms with Crippen molar-refractivity contribution in [1.82, 2.24) is 14.5 Å². The van der Waals surface area contributed by atoms with Gasteiger partial charge in [-0.1, -0.05) is 23.7 Å². The van der Waals surface area contributed by atoms with Crippen molar-refractivity contribution in [3.8, 4) is 5.75 Å². The highest BCUT2D eigenvalue weighted by Gasteiger charge is 2.24. The molecule has 1 aliphatic rings. The first-order valence-corrected chi connectivity index (χ1v) is 7.82. The number of halogens is 1. The van der Waals surface area contributed by atoms with Crippen LogP contribution in [-0.2, 0) is 18.4 Å². The highest BCUT2D eigenvalue weighted by atomic mass is 35.5. The van der Waals surface area contributed by atoms with Gasteiger partial charge >= 0.3 is 5.69 Å². The van der Waals surface area contributed by atoms with Gasteiger partial charge in [0.1, 0.15) is 12.3 Å². The topological polar surface area (TPSA) is 82.3 Å². The Kier molecular flexibility index (Phi) is 4.44. The molecule has 7 nitrogen and oxygen atoms in total. The standard InChI is InChI=1S/C16H16ClN3O4/c1-19-14(22)5-7-20(16(19)23)9-13(21)18-12-6-8-24-15-10(12)3-2-4-11(15)17/h2-5,7,12H,6,8-9H2,1H3,(H,18,21). The third-order valence-corrected chi connectivity index (χ3v) is 4.23. The molecular formula is C16H16ClN3O4. The van der Waals surface area contributed by atoms with Crippen LogP contribution in [0.3, 0.4) is 0 Å². The molecule has 3 rings (SSSR count). The predicted molar refractivity (Wildman–Crippen MR) is 88.4 cm³/mol. The van der Waals surface area contributed by atoms with Gasteiger partial charge in [-0.05, 0) is 6.07 Å². The monoisotopic (exact) mass is 349 g/mol. The maximum Gasteiger partial charge on any atom is 0.331 e. The van der Waals surface area contributed by atoms with E-state index >= 15 is 0 Å². The molecule has 2 aromatic rings. The van der Waals surface area contributed by atoms with E-state index in [1.165, 1.54) is 23.9 Å². The average Bonchev–Trinajstić information content (AvgIpc) is 2.56. The molecule has 2 heterocycles. The zero-order valence-corrected chi connectivity index (χ0v) is 13.7. The summed E-state index contributed by atoms with van der Waals surface area (Å²) >= 11 is 6.11. The van der Waals surface area contributed by atoms with Crippen molar-refractivity contribution in [2.24, 2.45) is 7.05 Å². The van der Waals surface area contributed by atoms with Crippen molar-refractivity contribution >= 4 is 17.5 Å². The summed E-state index contributed by atoms with van der Waals surface area (Å²) in [6.45, 7) is 0.279. The lowest BCUT2D eigenvalue weighted by Gasteiger charge is -2.27. The molecule has 0 spiro atoms. The van der Waals surface area contributed by atoms with Gasteiger partial charge in [0, 0.05) is 31.3 Å². The number of hydrogen-bond acceptors (Lipinski definition) is 4. The summed E-state index contributed by atoms with van der Waals surface area (Å²) in [6.07, 6.45) is 1.93. The maximum atomic E-state index is 12.3. The summed E-state index contributed by atoms with van der Waals surface area (Å²) in [6, 6.07) is 6.39. The number of benzene rings is 1. The molecule has 1 unspecified atom stereocenters. The van der Waals surface area contributed by atoms with Gasteiger partial charge < -0.3 is 10.1 Å². The molecule has 0 saturated heterocycles. The van der Waals surface area contributed by atoms with Crippen molar-refractivity contribution in [2.45, 2.75) is 19.0 Å². The fourth-order valence-electron chi connectivity index (χ4n) is 2.67. The van der Waals surface area contributed by atoms with E-state index in [0.29, 0.717) is 23.8 Å². The smallest absolute Gasteiger partial charge is 0.331 e. The van der Waals surface area contributed by atoms with Gasteiger partial charge in [0.2, 0.25) is 5.91 Å². The Morgan fingerprint density at radius 2 is 2.17 bits per heavy atom. The first-order valence-electron chi connectivity index (χ1n) is 7.44. The van der Waals surface area contributed by atoms with E-state index in [4.69, 9.17) is 16.3 Å². The van der Waals surface area contributed by atoms with Crippen LogP contribution in [0, 0.1) is 0 Å². The number of hydrogen-bond donors (Lipinski definition) is 1. The Bertz CT molecular complexity index is 903. The van der Waals surface area contributed by atoms with E-state index in [-0.39, 0.29) is 18.5 Å². The molecule has 1 aromatic heterocycles. The first kappa shape index (κ1) is 16.3. The Balaban J connectivity index is 1.78. The molecule has 1 atom stereocenters.